The Hall–Kier alpha value is -2.42. The van der Waals surface area contributed by atoms with Crippen molar-refractivity contribution in [1.82, 2.24) is 39.6 Å². The lowest BCUT2D eigenvalue weighted by atomic mass is 10.3. The number of rotatable bonds is 2. The van der Waals surface area contributed by atoms with Crippen LogP contribution >= 0.6 is 15.9 Å². The third kappa shape index (κ3) is 1.83. The minimum absolute atomic E-state index is 0.523. The third-order valence-electron chi connectivity index (χ3n) is 2.87. The van der Waals surface area contributed by atoms with Crippen molar-refractivity contribution < 1.29 is 0 Å². The summed E-state index contributed by atoms with van der Waals surface area (Å²) >= 11 is 3.30. The molecule has 0 spiro atoms. The Labute approximate surface area is 120 Å². The molecule has 4 heterocycles. The van der Waals surface area contributed by atoms with Crippen LogP contribution in [-0.4, -0.2) is 39.6 Å². The molecule has 9 heteroatoms. The fraction of sp³-hybridized carbons (Fsp3) is 0.0909. The first kappa shape index (κ1) is 11.4. The van der Waals surface area contributed by atoms with Crippen LogP contribution in [0.15, 0.2) is 35.5 Å². The number of nitrogens with zero attached hydrogens (tertiary/aromatic N) is 8. The van der Waals surface area contributed by atoms with Gasteiger partial charge in [-0.2, -0.15) is 5.10 Å². The molecule has 4 aromatic rings. The summed E-state index contributed by atoms with van der Waals surface area (Å²) in [5, 5.41) is 12.2. The van der Waals surface area contributed by atoms with Crippen LogP contribution in [0.2, 0.25) is 0 Å². The molecule has 0 atom stereocenters. The van der Waals surface area contributed by atoms with E-state index < -0.39 is 0 Å². The maximum atomic E-state index is 4.34. The molecule has 0 N–H and O–H groups in total. The van der Waals surface area contributed by atoms with Gasteiger partial charge in [0.2, 0.25) is 5.65 Å². The van der Waals surface area contributed by atoms with Crippen LogP contribution in [-0.2, 0) is 6.54 Å². The van der Waals surface area contributed by atoms with Crippen molar-refractivity contribution in [2.45, 2.75) is 6.54 Å². The highest BCUT2D eigenvalue weighted by atomic mass is 79.9. The molecule has 98 valence electrons. The van der Waals surface area contributed by atoms with E-state index in [0.717, 1.165) is 11.2 Å². The highest BCUT2D eigenvalue weighted by molar-refractivity contribution is 9.10. The molecule has 0 saturated heterocycles. The lowest BCUT2D eigenvalue weighted by molar-refractivity contribution is 0.660. The van der Waals surface area contributed by atoms with Crippen LogP contribution in [0.5, 0.6) is 0 Å². The van der Waals surface area contributed by atoms with Gasteiger partial charge < -0.3 is 0 Å². The number of aromatic nitrogens is 8. The van der Waals surface area contributed by atoms with Gasteiger partial charge in [0, 0.05) is 6.20 Å². The van der Waals surface area contributed by atoms with Crippen molar-refractivity contribution in [3.63, 3.8) is 0 Å². The second kappa shape index (κ2) is 4.30. The highest BCUT2D eigenvalue weighted by Crippen LogP contribution is 2.12. The molecule has 0 fully saturated rings. The number of fused-ring (bicyclic) bond motifs is 2. The lowest BCUT2D eigenvalue weighted by Gasteiger charge is -2.02. The SMILES string of the molecule is Brc1cnc2nnn(Cc3ccc4ncnn4c3)c2n1. The maximum absolute atomic E-state index is 4.34. The Bertz CT molecular complexity index is 911. The van der Waals surface area contributed by atoms with E-state index in [1.165, 1.54) is 6.33 Å². The minimum Gasteiger partial charge on any atom is -0.229 e. The Morgan fingerprint density at radius 3 is 3.10 bits per heavy atom. The van der Waals surface area contributed by atoms with Gasteiger partial charge in [-0.05, 0) is 27.6 Å². The van der Waals surface area contributed by atoms with E-state index in [1.807, 2.05) is 18.3 Å². The average molecular weight is 331 g/mol. The van der Waals surface area contributed by atoms with Crippen LogP contribution in [0.25, 0.3) is 16.9 Å². The molecule has 0 radical (unpaired) electrons. The van der Waals surface area contributed by atoms with Gasteiger partial charge in [0.1, 0.15) is 10.9 Å². The van der Waals surface area contributed by atoms with Gasteiger partial charge in [-0.25, -0.2) is 24.1 Å². The predicted molar refractivity (Wildman–Crippen MR) is 72.9 cm³/mol. The Morgan fingerprint density at radius 2 is 2.15 bits per heavy atom. The zero-order valence-electron chi connectivity index (χ0n) is 10.0. The molecule has 0 aliphatic carbocycles. The van der Waals surface area contributed by atoms with Crippen molar-refractivity contribution in [3.8, 4) is 0 Å². The smallest absolute Gasteiger partial charge is 0.221 e. The lowest BCUT2D eigenvalue weighted by Crippen LogP contribution is -2.04. The first-order valence-corrected chi connectivity index (χ1v) is 6.59. The van der Waals surface area contributed by atoms with Crippen LogP contribution in [0, 0.1) is 0 Å². The molecule has 0 amide bonds. The molecule has 4 aromatic heterocycles. The van der Waals surface area contributed by atoms with Crippen LogP contribution in [0.4, 0.5) is 0 Å². The summed E-state index contributed by atoms with van der Waals surface area (Å²) in [5.74, 6) is 0. The number of pyridine rings is 1. The molecule has 8 nitrogen and oxygen atoms in total. The van der Waals surface area contributed by atoms with Gasteiger partial charge >= 0.3 is 0 Å². The van der Waals surface area contributed by atoms with Crippen molar-refractivity contribution in [3.05, 3.63) is 41.0 Å². The predicted octanol–water partition coefficient (Wildman–Crippen LogP) is 1.07. The third-order valence-corrected chi connectivity index (χ3v) is 3.25. The molecule has 20 heavy (non-hydrogen) atoms. The molecular weight excluding hydrogens is 324 g/mol. The molecule has 0 aliphatic heterocycles. The minimum atomic E-state index is 0.523. The summed E-state index contributed by atoms with van der Waals surface area (Å²) < 4.78 is 4.07. The number of hydrogen-bond donors (Lipinski definition) is 0. The Morgan fingerprint density at radius 1 is 1.20 bits per heavy atom. The molecule has 0 aliphatic rings. The van der Waals surface area contributed by atoms with Gasteiger partial charge in [-0.1, -0.05) is 11.3 Å². The van der Waals surface area contributed by atoms with Crippen molar-refractivity contribution in [2.75, 3.05) is 0 Å². The fourth-order valence-corrected chi connectivity index (χ4v) is 2.24. The zero-order chi connectivity index (χ0) is 13.5. The first-order valence-electron chi connectivity index (χ1n) is 5.79. The summed E-state index contributed by atoms with van der Waals surface area (Å²) in [6.45, 7) is 0.539. The van der Waals surface area contributed by atoms with E-state index in [1.54, 1.807) is 15.4 Å². The second-order valence-electron chi connectivity index (χ2n) is 4.19. The highest BCUT2D eigenvalue weighted by Gasteiger charge is 2.09. The van der Waals surface area contributed by atoms with Gasteiger partial charge in [0.25, 0.3) is 0 Å². The van der Waals surface area contributed by atoms with Crippen LogP contribution < -0.4 is 0 Å². The molecular formula is C11H7BrN8. The molecule has 0 bridgehead atoms. The number of halogens is 1. The van der Waals surface area contributed by atoms with E-state index >= 15 is 0 Å². The first-order chi connectivity index (χ1) is 9.79. The van der Waals surface area contributed by atoms with Gasteiger partial charge in [-0.15, -0.1) is 5.10 Å². The van der Waals surface area contributed by atoms with Gasteiger partial charge in [-0.3, -0.25) is 0 Å². The zero-order valence-corrected chi connectivity index (χ0v) is 11.6. The van der Waals surface area contributed by atoms with Gasteiger partial charge in [0.15, 0.2) is 11.3 Å². The molecule has 0 saturated carbocycles. The maximum Gasteiger partial charge on any atom is 0.221 e. The van der Waals surface area contributed by atoms with Crippen molar-refractivity contribution >= 4 is 32.9 Å². The summed E-state index contributed by atoms with van der Waals surface area (Å²) in [5.41, 5.74) is 2.99. The van der Waals surface area contributed by atoms with Crippen LogP contribution in [0.3, 0.4) is 0 Å². The van der Waals surface area contributed by atoms with Crippen LogP contribution in [0.1, 0.15) is 5.56 Å². The summed E-state index contributed by atoms with van der Waals surface area (Å²) in [6.07, 6.45) is 5.02. The fourth-order valence-electron chi connectivity index (χ4n) is 1.97. The monoisotopic (exact) mass is 330 g/mol. The van der Waals surface area contributed by atoms with E-state index in [2.05, 4.69) is 46.3 Å². The van der Waals surface area contributed by atoms with Crippen molar-refractivity contribution in [2.24, 2.45) is 0 Å². The quantitative estimate of drug-likeness (QED) is 0.546. The largest absolute Gasteiger partial charge is 0.229 e. The van der Waals surface area contributed by atoms with Crippen molar-refractivity contribution in [1.29, 1.82) is 0 Å². The summed E-state index contributed by atoms with van der Waals surface area (Å²) in [4.78, 5) is 12.6. The standard InChI is InChI=1S/C11H7BrN8/c12-8-3-13-10-11(16-8)20(18-17-10)5-7-1-2-9-14-6-15-19(9)4-7/h1-4,6H,5H2. The van der Waals surface area contributed by atoms with Gasteiger partial charge in [0.05, 0.1) is 12.7 Å². The number of hydrogen-bond acceptors (Lipinski definition) is 6. The Balaban J connectivity index is 1.77. The summed E-state index contributed by atoms with van der Waals surface area (Å²) in [7, 11) is 0. The molecule has 4 rings (SSSR count). The van der Waals surface area contributed by atoms with E-state index in [-0.39, 0.29) is 0 Å². The topological polar surface area (TPSA) is 86.7 Å². The summed E-state index contributed by atoms with van der Waals surface area (Å²) in [6, 6.07) is 3.88. The average Bonchev–Trinajstić information content (AvgIpc) is 3.05. The van der Waals surface area contributed by atoms with E-state index in [0.29, 0.717) is 22.4 Å². The second-order valence-corrected chi connectivity index (χ2v) is 5.00. The Kier molecular flexibility index (Phi) is 2.46. The molecule has 0 aromatic carbocycles. The van der Waals surface area contributed by atoms with E-state index in [9.17, 15) is 0 Å². The molecule has 0 unspecified atom stereocenters. The normalized spacial score (nSPS) is 11.4. The van der Waals surface area contributed by atoms with E-state index in [4.69, 9.17) is 0 Å².